The lowest BCUT2D eigenvalue weighted by atomic mass is 10.0. The number of fused-ring (bicyclic) bond motifs is 1. The standard InChI is InChI=1S/C28H35FN6O/c1-19(2)35-27-25(16-31-35)24(28(36)34(4)18-20-8-10-23(29)11-9-20)15-26(32-27)22-7-5-6-21(14-22)17-33(3)13-12-30/h5-11,14-15,19,31H,12-13,16-18,30H2,1-4H3. The third-order valence-electron chi connectivity index (χ3n) is 6.37. The number of carbonyl (C=O) groups is 1. The number of halogens is 1. The zero-order chi connectivity index (χ0) is 25.8. The van der Waals surface area contributed by atoms with E-state index in [0.717, 1.165) is 46.9 Å². The quantitative estimate of drug-likeness (QED) is 0.475. The van der Waals surface area contributed by atoms with Crippen molar-refractivity contribution in [3.05, 3.63) is 82.7 Å². The minimum absolute atomic E-state index is 0.0922. The number of benzene rings is 2. The van der Waals surface area contributed by atoms with Crippen LogP contribution in [0.5, 0.6) is 0 Å². The Balaban J connectivity index is 1.70. The second-order valence-electron chi connectivity index (χ2n) is 9.67. The van der Waals surface area contributed by atoms with Crippen molar-refractivity contribution in [3.63, 3.8) is 0 Å². The molecule has 3 aromatic rings. The highest BCUT2D eigenvalue weighted by molar-refractivity contribution is 5.98. The summed E-state index contributed by atoms with van der Waals surface area (Å²) in [4.78, 5) is 22.5. The van der Waals surface area contributed by atoms with E-state index in [1.165, 1.54) is 12.1 Å². The van der Waals surface area contributed by atoms with E-state index in [9.17, 15) is 9.18 Å². The van der Waals surface area contributed by atoms with E-state index >= 15 is 0 Å². The van der Waals surface area contributed by atoms with Crippen LogP contribution < -0.4 is 16.2 Å². The third kappa shape index (κ3) is 5.73. The monoisotopic (exact) mass is 490 g/mol. The van der Waals surface area contributed by atoms with Crippen LogP contribution in [0.15, 0.2) is 54.6 Å². The first-order valence-corrected chi connectivity index (χ1v) is 12.3. The predicted octanol–water partition coefficient (Wildman–Crippen LogP) is 3.78. The number of rotatable bonds is 9. The molecule has 2 heterocycles. The largest absolute Gasteiger partial charge is 0.337 e. The van der Waals surface area contributed by atoms with E-state index in [2.05, 4.69) is 36.3 Å². The Morgan fingerprint density at radius 2 is 1.86 bits per heavy atom. The Kier molecular flexibility index (Phi) is 7.98. The van der Waals surface area contributed by atoms with Gasteiger partial charge in [0.15, 0.2) is 0 Å². The molecule has 0 radical (unpaired) electrons. The van der Waals surface area contributed by atoms with E-state index in [4.69, 9.17) is 10.7 Å². The lowest BCUT2D eigenvalue weighted by molar-refractivity contribution is 0.0784. The molecule has 0 saturated heterocycles. The lowest BCUT2D eigenvalue weighted by Gasteiger charge is -2.24. The van der Waals surface area contributed by atoms with Gasteiger partial charge in [0, 0.05) is 62.5 Å². The summed E-state index contributed by atoms with van der Waals surface area (Å²) in [5.74, 6) is 0.401. The van der Waals surface area contributed by atoms with Crippen LogP contribution in [0.25, 0.3) is 11.3 Å². The molecule has 0 atom stereocenters. The van der Waals surface area contributed by atoms with Crippen molar-refractivity contribution < 1.29 is 9.18 Å². The van der Waals surface area contributed by atoms with Gasteiger partial charge in [-0.1, -0.05) is 30.3 Å². The van der Waals surface area contributed by atoms with Crippen LogP contribution in [-0.4, -0.2) is 53.9 Å². The van der Waals surface area contributed by atoms with Crippen molar-refractivity contribution in [2.75, 3.05) is 32.2 Å². The molecular formula is C28H35FN6O. The normalized spacial score (nSPS) is 12.9. The summed E-state index contributed by atoms with van der Waals surface area (Å²) < 4.78 is 13.3. The first kappa shape index (κ1) is 25.8. The molecule has 1 amide bonds. The summed E-state index contributed by atoms with van der Waals surface area (Å²) in [5.41, 5.74) is 14.3. The first-order valence-electron chi connectivity index (χ1n) is 12.3. The SMILES string of the molecule is CC(C)N1NCc2c(C(=O)N(C)Cc3ccc(F)cc3)cc(-c3cccc(CN(C)CCN)c3)nc21. The molecule has 36 heavy (non-hydrogen) atoms. The fourth-order valence-corrected chi connectivity index (χ4v) is 4.52. The van der Waals surface area contributed by atoms with Crippen LogP contribution in [0, 0.1) is 5.82 Å². The van der Waals surface area contributed by atoms with Crippen molar-refractivity contribution in [2.45, 2.75) is 39.5 Å². The van der Waals surface area contributed by atoms with Crippen LogP contribution in [0.2, 0.25) is 0 Å². The molecule has 0 unspecified atom stereocenters. The fraction of sp³-hybridized carbons (Fsp3) is 0.357. The Hall–Kier alpha value is -3.33. The Morgan fingerprint density at radius 3 is 2.56 bits per heavy atom. The van der Waals surface area contributed by atoms with Gasteiger partial charge in [0.05, 0.1) is 5.69 Å². The number of aromatic nitrogens is 1. The van der Waals surface area contributed by atoms with Crippen molar-refractivity contribution in [1.82, 2.24) is 20.2 Å². The average Bonchev–Trinajstić information content (AvgIpc) is 3.29. The summed E-state index contributed by atoms with van der Waals surface area (Å²) in [6.45, 7) is 7.31. The maximum absolute atomic E-state index is 13.7. The van der Waals surface area contributed by atoms with Crippen LogP contribution >= 0.6 is 0 Å². The molecule has 1 aromatic heterocycles. The van der Waals surface area contributed by atoms with Gasteiger partial charge in [0.1, 0.15) is 11.6 Å². The second-order valence-corrected chi connectivity index (χ2v) is 9.67. The van der Waals surface area contributed by atoms with Crippen LogP contribution in [0.3, 0.4) is 0 Å². The van der Waals surface area contributed by atoms with Crippen molar-refractivity contribution in [3.8, 4) is 11.3 Å². The van der Waals surface area contributed by atoms with E-state index in [-0.39, 0.29) is 17.8 Å². The molecule has 2 aromatic carbocycles. The molecule has 3 N–H and O–H groups in total. The molecule has 1 aliphatic heterocycles. The van der Waals surface area contributed by atoms with Crippen LogP contribution in [0.4, 0.5) is 10.2 Å². The molecular weight excluding hydrogens is 455 g/mol. The smallest absolute Gasteiger partial charge is 0.254 e. The second kappa shape index (κ2) is 11.2. The topological polar surface area (TPSA) is 77.7 Å². The molecule has 7 nitrogen and oxygen atoms in total. The number of amides is 1. The van der Waals surface area contributed by atoms with Crippen molar-refractivity contribution in [1.29, 1.82) is 0 Å². The maximum Gasteiger partial charge on any atom is 0.254 e. The highest BCUT2D eigenvalue weighted by Gasteiger charge is 2.30. The zero-order valence-electron chi connectivity index (χ0n) is 21.5. The number of hydrogen-bond acceptors (Lipinski definition) is 6. The van der Waals surface area contributed by atoms with Gasteiger partial charge in [-0.3, -0.25) is 9.80 Å². The van der Waals surface area contributed by atoms with E-state index < -0.39 is 0 Å². The number of hydrazine groups is 1. The molecule has 0 bridgehead atoms. The average molecular weight is 491 g/mol. The van der Waals surface area contributed by atoms with E-state index in [1.807, 2.05) is 30.3 Å². The fourth-order valence-electron chi connectivity index (χ4n) is 4.52. The highest BCUT2D eigenvalue weighted by Crippen LogP contribution is 2.33. The maximum atomic E-state index is 13.7. The summed E-state index contributed by atoms with van der Waals surface area (Å²) in [6.07, 6.45) is 0. The number of likely N-dealkylation sites (N-methyl/N-ethyl adjacent to an activating group) is 1. The summed E-state index contributed by atoms with van der Waals surface area (Å²) in [5, 5.41) is 2.02. The minimum atomic E-state index is -0.291. The van der Waals surface area contributed by atoms with Gasteiger partial charge in [-0.25, -0.2) is 14.8 Å². The van der Waals surface area contributed by atoms with Gasteiger partial charge >= 0.3 is 0 Å². The zero-order valence-corrected chi connectivity index (χ0v) is 21.5. The molecule has 4 rings (SSSR count). The Morgan fingerprint density at radius 1 is 1.11 bits per heavy atom. The minimum Gasteiger partial charge on any atom is -0.337 e. The van der Waals surface area contributed by atoms with Crippen LogP contribution in [0.1, 0.15) is 40.9 Å². The number of pyridine rings is 1. The Labute approximate surface area is 212 Å². The molecule has 0 spiro atoms. The lowest BCUT2D eigenvalue weighted by Crippen LogP contribution is -2.38. The summed E-state index contributed by atoms with van der Waals surface area (Å²) in [6, 6.07) is 16.6. The summed E-state index contributed by atoms with van der Waals surface area (Å²) in [7, 11) is 3.82. The molecule has 190 valence electrons. The van der Waals surface area contributed by atoms with Crippen molar-refractivity contribution in [2.24, 2.45) is 5.73 Å². The van der Waals surface area contributed by atoms with Crippen LogP contribution in [-0.2, 0) is 19.6 Å². The first-order chi connectivity index (χ1) is 17.3. The number of anilines is 1. The van der Waals surface area contributed by atoms with Crippen molar-refractivity contribution >= 4 is 11.7 Å². The number of carbonyl (C=O) groups excluding carboxylic acids is 1. The third-order valence-corrected chi connectivity index (χ3v) is 6.37. The van der Waals surface area contributed by atoms with Gasteiger partial charge in [0.25, 0.3) is 5.91 Å². The molecule has 8 heteroatoms. The number of nitrogens with two attached hydrogens (primary N) is 1. The van der Waals surface area contributed by atoms with E-state index in [1.54, 1.807) is 24.1 Å². The predicted molar refractivity (Wildman–Crippen MR) is 142 cm³/mol. The number of nitrogens with one attached hydrogen (secondary N) is 1. The van der Waals surface area contributed by atoms with Gasteiger partial charge in [-0.05, 0) is 56.3 Å². The molecule has 0 saturated carbocycles. The van der Waals surface area contributed by atoms with Gasteiger partial charge in [-0.15, -0.1) is 0 Å². The molecule has 0 aliphatic carbocycles. The summed E-state index contributed by atoms with van der Waals surface area (Å²) >= 11 is 0. The molecule has 1 aliphatic rings. The van der Waals surface area contributed by atoms with Gasteiger partial charge in [0.2, 0.25) is 0 Å². The van der Waals surface area contributed by atoms with Gasteiger partial charge in [-0.2, -0.15) is 0 Å². The Bertz CT molecular complexity index is 1210. The highest BCUT2D eigenvalue weighted by atomic mass is 19.1. The van der Waals surface area contributed by atoms with E-state index in [0.29, 0.717) is 25.2 Å². The number of hydrogen-bond donors (Lipinski definition) is 2. The number of nitrogens with zero attached hydrogens (tertiary/aromatic N) is 4. The molecule has 0 fully saturated rings. The van der Waals surface area contributed by atoms with Gasteiger partial charge < -0.3 is 15.5 Å².